The fourth-order valence-corrected chi connectivity index (χ4v) is 2.42. The van der Waals surface area contributed by atoms with Crippen molar-refractivity contribution in [3.63, 3.8) is 0 Å². The molecule has 2 aromatic heterocycles. The van der Waals surface area contributed by atoms with Gasteiger partial charge in [-0.25, -0.2) is 4.98 Å². The Morgan fingerprint density at radius 1 is 0.750 bits per heavy atom. The molecule has 2 aromatic carbocycles. The fraction of sp³-hybridized carbons (Fsp3) is 0.0526. The minimum Gasteiger partial charge on any atom is -0.415 e. The van der Waals surface area contributed by atoms with Gasteiger partial charge < -0.3 is 4.42 Å². The van der Waals surface area contributed by atoms with Crippen LogP contribution in [0.2, 0.25) is 0 Å². The van der Waals surface area contributed by atoms with Crippen LogP contribution in [0.25, 0.3) is 34.3 Å². The van der Waals surface area contributed by atoms with E-state index < -0.39 is 0 Å². The van der Waals surface area contributed by atoms with Crippen LogP contribution >= 0.6 is 0 Å². The van der Waals surface area contributed by atoms with Crippen LogP contribution in [0.1, 0.15) is 5.69 Å². The van der Waals surface area contributed by atoms with Crippen molar-refractivity contribution in [2.24, 2.45) is 0 Å². The van der Waals surface area contributed by atoms with E-state index in [1.165, 1.54) is 0 Å². The molecule has 2 heterocycles. The van der Waals surface area contributed by atoms with Crippen molar-refractivity contribution in [3.8, 4) is 34.3 Å². The van der Waals surface area contributed by atoms with Crippen molar-refractivity contribution in [2.75, 3.05) is 0 Å². The van der Waals surface area contributed by atoms with Crippen LogP contribution in [0.15, 0.2) is 71.3 Å². The summed E-state index contributed by atoms with van der Waals surface area (Å²) in [6, 6.07) is 19.6. The van der Waals surface area contributed by atoms with Gasteiger partial charge in [-0.05, 0) is 19.1 Å². The van der Waals surface area contributed by atoms with Gasteiger partial charge in [0.05, 0.1) is 17.6 Å². The van der Waals surface area contributed by atoms with Gasteiger partial charge in [-0.2, -0.15) is 0 Å². The van der Waals surface area contributed by atoms with E-state index in [1.54, 1.807) is 6.20 Å². The Morgan fingerprint density at radius 3 is 2.08 bits per heavy atom. The molecule has 4 rings (SSSR count). The average molecular weight is 314 g/mol. The Bertz CT molecular complexity index is 965. The molecule has 0 atom stereocenters. The second-order valence-electron chi connectivity index (χ2n) is 5.33. The molecule has 0 unspecified atom stereocenters. The van der Waals surface area contributed by atoms with Gasteiger partial charge in [0.15, 0.2) is 0 Å². The fourth-order valence-electron chi connectivity index (χ4n) is 2.42. The zero-order chi connectivity index (χ0) is 16.4. The van der Waals surface area contributed by atoms with Gasteiger partial charge in [0.2, 0.25) is 5.89 Å². The van der Waals surface area contributed by atoms with Crippen molar-refractivity contribution in [1.82, 2.24) is 20.2 Å². The van der Waals surface area contributed by atoms with E-state index in [2.05, 4.69) is 20.2 Å². The third kappa shape index (κ3) is 2.67. The Balaban J connectivity index is 1.76. The molecular weight excluding hydrogens is 300 g/mol. The lowest BCUT2D eigenvalue weighted by Crippen LogP contribution is -1.95. The maximum absolute atomic E-state index is 5.80. The van der Waals surface area contributed by atoms with Crippen LogP contribution in [-0.2, 0) is 0 Å². The number of aryl methyl sites for hydroxylation is 1. The standard InChI is InChI=1S/C19H14N4O/c1-13-17(21-16(12-20-13)14-8-4-2-5-9-14)19-23-22-18(24-19)15-10-6-3-7-11-15/h2-12H,1H3. The van der Waals surface area contributed by atoms with E-state index in [0.29, 0.717) is 17.5 Å². The number of nitrogens with zero attached hydrogens (tertiary/aromatic N) is 4. The third-order valence-electron chi connectivity index (χ3n) is 3.67. The van der Waals surface area contributed by atoms with Crippen LogP contribution in [0.5, 0.6) is 0 Å². The zero-order valence-corrected chi connectivity index (χ0v) is 13.0. The highest BCUT2D eigenvalue weighted by atomic mass is 16.4. The summed E-state index contributed by atoms with van der Waals surface area (Å²) in [4.78, 5) is 9.08. The number of aromatic nitrogens is 4. The molecule has 0 amide bonds. The molecule has 116 valence electrons. The smallest absolute Gasteiger partial charge is 0.268 e. The summed E-state index contributed by atoms with van der Waals surface area (Å²) in [6.45, 7) is 1.88. The molecule has 0 N–H and O–H groups in total. The van der Waals surface area contributed by atoms with Gasteiger partial charge in [-0.15, -0.1) is 10.2 Å². The van der Waals surface area contributed by atoms with E-state index >= 15 is 0 Å². The molecule has 0 aliphatic carbocycles. The molecule has 0 radical (unpaired) electrons. The molecule has 5 nitrogen and oxygen atoms in total. The molecule has 0 saturated heterocycles. The summed E-state index contributed by atoms with van der Waals surface area (Å²) >= 11 is 0. The molecule has 0 saturated carbocycles. The maximum Gasteiger partial charge on any atom is 0.268 e. The van der Waals surface area contributed by atoms with Gasteiger partial charge in [-0.1, -0.05) is 48.5 Å². The highest BCUT2D eigenvalue weighted by Crippen LogP contribution is 2.26. The SMILES string of the molecule is Cc1ncc(-c2ccccc2)nc1-c1nnc(-c2ccccc2)o1. The maximum atomic E-state index is 5.80. The van der Waals surface area contributed by atoms with Gasteiger partial charge in [0.25, 0.3) is 5.89 Å². The zero-order valence-electron chi connectivity index (χ0n) is 13.0. The first kappa shape index (κ1) is 14.3. The highest BCUT2D eigenvalue weighted by molar-refractivity contribution is 5.63. The lowest BCUT2D eigenvalue weighted by molar-refractivity contribution is 0.581. The highest BCUT2D eigenvalue weighted by Gasteiger charge is 2.15. The van der Waals surface area contributed by atoms with Crippen molar-refractivity contribution < 1.29 is 4.42 Å². The van der Waals surface area contributed by atoms with Gasteiger partial charge in [-0.3, -0.25) is 4.98 Å². The molecule has 0 aliphatic rings. The van der Waals surface area contributed by atoms with Crippen LogP contribution in [-0.4, -0.2) is 20.2 Å². The number of rotatable bonds is 3. The second kappa shape index (κ2) is 6.04. The minimum absolute atomic E-state index is 0.372. The Labute approximate surface area is 139 Å². The van der Waals surface area contributed by atoms with Gasteiger partial charge >= 0.3 is 0 Å². The predicted molar refractivity (Wildman–Crippen MR) is 90.9 cm³/mol. The van der Waals surface area contributed by atoms with Crippen LogP contribution < -0.4 is 0 Å². The minimum atomic E-state index is 0.372. The van der Waals surface area contributed by atoms with Crippen molar-refractivity contribution in [1.29, 1.82) is 0 Å². The Morgan fingerprint density at radius 2 is 1.38 bits per heavy atom. The molecule has 24 heavy (non-hydrogen) atoms. The molecule has 5 heteroatoms. The largest absolute Gasteiger partial charge is 0.415 e. The van der Waals surface area contributed by atoms with Crippen LogP contribution in [0, 0.1) is 6.92 Å². The number of hydrogen-bond donors (Lipinski definition) is 0. The quantitative estimate of drug-likeness (QED) is 0.568. The Kier molecular flexibility index (Phi) is 3.59. The Hall–Kier alpha value is -3.34. The van der Waals surface area contributed by atoms with E-state index in [1.807, 2.05) is 67.6 Å². The first-order valence-electron chi connectivity index (χ1n) is 7.59. The second-order valence-corrected chi connectivity index (χ2v) is 5.33. The predicted octanol–water partition coefficient (Wildman–Crippen LogP) is 4.17. The number of hydrogen-bond acceptors (Lipinski definition) is 5. The van der Waals surface area contributed by atoms with Gasteiger partial charge in [0.1, 0.15) is 5.69 Å². The molecular formula is C19H14N4O. The summed E-state index contributed by atoms with van der Waals surface area (Å²) in [5.41, 5.74) is 4.00. The molecule has 0 aliphatic heterocycles. The van der Waals surface area contributed by atoms with Crippen LogP contribution in [0.3, 0.4) is 0 Å². The lowest BCUT2D eigenvalue weighted by Gasteiger charge is -2.04. The number of benzene rings is 2. The summed E-state index contributed by atoms with van der Waals surface area (Å²) < 4.78 is 5.80. The topological polar surface area (TPSA) is 64.7 Å². The summed E-state index contributed by atoms with van der Waals surface area (Å²) in [5, 5.41) is 8.26. The van der Waals surface area contributed by atoms with E-state index in [-0.39, 0.29) is 0 Å². The lowest BCUT2D eigenvalue weighted by atomic mass is 10.1. The summed E-state index contributed by atoms with van der Waals surface area (Å²) in [5.74, 6) is 0.841. The molecule has 0 bridgehead atoms. The van der Waals surface area contributed by atoms with Crippen LogP contribution in [0.4, 0.5) is 0 Å². The summed E-state index contributed by atoms with van der Waals surface area (Å²) in [7, 11) is 0. The molecule has 0 spiro atoms. The van der Waals surface area contributed by atoms with Crippen molar-refractivity contribution in [3.05, 3.63) is 72.6 Å². The van der Waals surface area contributed by atoms with Crippen molar-refractivity contribution in [2.45, 2.75) is 6.92 Å². The van der Waals surface area contributed by atoms with E-state index in [9.17, 15) is 0 Å². The third-order valence-corrected chi connectivity index (χ3v) is 3.67. The normalized spacial score (nSPS) is 10.7. The van der Waals surface area contributed by atoms with Crippen molar-refractivity contribution >= 4 is 0 Å². The van der Waals surface area contributed by atoms with E-state index in [4.69, 9.17) is 4.42 Å². The molecule has 0 fully saturated rings. The molecule has 4 aromatic rings. The summed E-state index contributed by atoms with van der Waals surface area (Å²) in [6.07, 6.45) is 1.75. The van der Waals surface area contributed by atoms with E-state index in [0.717, 1.165) is 22.5 Å². The monoisotopic (exact) mass is 314 g/mol. The first-order chi connectivity index (χ1) is 11.8. The first-order valence-corrected chi connectivity index (χ1v) is 7.59. The van der Waals surface area contributed by atoms with Gasteiger partial charge in [0, 0.05) is 11.1 Å². The average Bonchev–Trinajstić information content (AvgIpc) is 3.13.